The first kappa shape index (κ1) is 14.8. The number of hydrogen-bond donors (Lipinski definition) is 2. The minimum atomic E-state index is 0.403. The van der Waals surface area contributed by atoms with E-state index in [1.165, 1.54) is 0 Å². The van der Waals surface area contributed by atoms with Gasteiger partial charge in [-0.2, -0.15) is 11.8 Å². The van der Waals surface area contributed by atoms with Gasteiger partial charge in [-0.3, -0.25) is 0 Å². The van der Waals surface area contributed by atoms with Crippen molar-refractivity contribution in [3.63, 3.8) is 0 Å². The van der Waals surface area contributed by atoms with Crippen LogP contribution in [0.25, 0.3) is 0 Å². The van der Waals surface area contributed by atoms with Crippen LogP contribution in [0.4, 0.5) is 11.4 Å². The van der Waals surface area contributed by atoms with E-state index >= 15 is 0 Å². The molecule has 0 saturated carbocycles. The smallest absolute Gasteiger partial charge is 0.162 e. The third-order valence-corrected chi connectivity index (χ3v) is 3.51. The molecule has 1 aromatic rings. The van der Waals surface area contributed by atoms with Crippen LogP contribution < -0.4 is 20.5 Å². The Bertz CT molecular complexity index is 385. The second kappa shape index (κ2) is 7.26. The molecule has 1 atom stereocenters. The summed E-state index contributed by atoms with van der Waals surface area (Å²) in [5.41, 5.74) is 7.58. The van der Waals surface area contributed by atoms with E-state index in [0.29, 0.717) is 23.2 Å². The zero-order valence-electron chi connectivity index (χ0n) is 11.4. The summed E-state index contributed by atoms with van der Waals surface area (Å²) in [7, 11) is 3.23. The molecule has 0 radical (unpaired) electrons. The highest BCUT2D eigenvalue weighted by atomic mass is 32.2. The number of anilines is 2. The number of nitrogen functional groups attached to an aromatic ring is 1. The normalized spacial score (nSPS) is 12.0. The van der Waals surface area contributed by atoms with Gasteiger partial charge in [0.1, 0.15) is 0 Å². The molecule has 5 heteroatoms. The van der Waals surface area contributed by atoms with Crippen molar-refractivity contribution in [2.24, 2.45) is 0 Å². The van der Waals surface area contributed by atoms with Crippen molar-refractivity contribution in [3.8, 4) is 11.5 Å². The van der Waals surface area contributed by atoms with Crippen LogP contribution in [0.2, 0.25) is 0 Å². The van der Waals surface area contributed by atoms with Gasteiger partial charge >= 0.3 is 0 Å². The van der Waals surface area contributed by atoms with E-state index in [-0.39, 0.29) is 0 Å². The quantitative estimate of drug-likeness (QED) is 0.746. The molecule has 1 aromatic carbocycles. The van der Waals surface area contributed by atoms with Crippen LogP contribution in [0, 0.1) is 0 Å². The maximum Gasteiger partial charge on any atom is 0.162 e. The fourth-order valence-corrected chi connectivity index (χ4v) is 2.42. The molecule has 0 spiro atoms. The van der Waals surface area contributed by atoms with Gasteiger partial charge in [0, 0.05) is 23.9 Å². The summed E-state index contributed by atoms with van der Waals surface area (Å²) in [5.74, 6) is 2.39. The Hall–Kier alpha value is -1.23. The molecule has 0 aliphatic heterocycles. The standard InChI is InChI=1S/C13H22N2O2S/c1-5-9(8-18-4)15-11-7-13(17-3)12(16-2)6-10(11)14/h6-7,9,15H,5,8,14H2,1-4H3. The fourth-order valence-electron chi connectivity index (χ4n) is 1.70. The zero-order valence-corrected chi connectivity index (χ0v) is 12.3. The Kier molecular flexibility index (Phi) is 5.98. The Morgan fingerprint density at radius 2 is 1.89 bits per heavy atom. The van der Waals surface area contributed by atoms with E-state index < -0.39 is 0 Å². The molecule has 3 N–H and O–H groups in total. The van der Waals surface area contributed by atoms with Crippen molar-refractivity contribution in [3.05, 3.63) is 12.1 Å². The van der Waals surface area contributed by atoms with Crippen molar-refractivity contribution >= 4 is 23.1 Å². The SMILES string of the molecule is CCC(CSC)Nc1cc(OC)c(OC)cc1N. The first-order chi connectivity index (χ1) is 8.65. The van der Waals surface area contributed by atoms with Crippen LogP contribution in [-0.2, 0) is 0 Å². The topological polar surface area (TPSA) is 56.5 Å². The largest absolute Gasteiger partial charge is 0.493 e. The van der Waals surface area contributed by atoms with Gasteiger partial charge in [-0.15, -0.1) is 0 Å². The van der Waals surface area contributed by atoms with Gasteiger partial charge in [0.15, 0.2) is 11.5 Å². The predicted octanol–water partition coefficient (Wildman–Crippen LogP) is 2.84. The fraction of sp³-hybridized carbons (Fsp3) is 0.538. The maximum absolute atomic E-state index is 6.01. The molecular formula is C13H22N2O2S. The van der Waals surface area contributed by atoms with Gasteiger partial charge in [-0.05, 0) is 12.7 Å². The molecule has 0 fully saturated rings. The second-order valence-corrected chi connectivity index (χ2v) is 4.91. The number of rotatable bonds is 7. The van der Waals surface area contributed by atoms with E-state index in [1.54, 1.807) is 20.3 Å². The number of benzene rings is 1. The predicted molar refractivity (Wildman–Crippen MR) is 80.0 cm³/mol. The lowest BCUT2D eigenvalue weighted by Crippen LogP contribution is -2.21. The van der Waals surface area contributed by atoms with E-state index in [9.17, 15) is 0 Å². The summed E-state index contributed by atoms with van der Waals surface area (Å²) in [6.45, 7) is 2.16. The number of ether oxygens (including phenoxy) is 2. The van der Waals surface area contributed by atoms with Crippen LogP contribution >= 0.6 is 11.8 Å². The van der Waals surface area contributed by atoms with Crippen molar-refractivity contribution in [2.75, 3.05) is 37.3 Å². The van der Waals surface area contributed by atoms with Crippen LogP contribution in [0.1, 0.15) is 13.3 Å². The Morgan fingerprint density at radius 1 is 1.28 bits per heavy atom. The minimum absolute atomic E-state index is 0.403. The molecule has 0 bridgehead atoms. The summed E-state index contributed by atoms with van der Waals surface area (Å²) in [4.78, 5) is 0. The van der Waals surface area contributed by atoms with Crippen molar-refractivity contribution < 1.29 is 9.47 Å². The Balaban J connectivity index is 2.94. The maximum atomic E-state index is 6.01. The van der Waals surface area contributed by atoms with E-state index in [2.05, 4.69) is 18.5 Å². The van der Waals surface area contributed by atoms with E-state index in [4.69, 9.17) is 15.2 Å². The highest BCUT2D eigenvalue weighted by Gasteiger charge is 2.12. The third-order valence-electron chi connectivity index (χ3n) is 2.78. The number of nitrogens with one attached hydrogen (secondary N) is 1. The molecule has 0 aliphatic rings. The van der Waals surface area contributed by atoms with Crippen LogP contribution in [0.5, 0.6) is 11.5 Å². The Labute approximate surface area is 113 Å². The molecule has 0 saturated heterocycles. The molecule has 0 amide bonds. The third kappa shape index (κ3) is 3.63. The van der Waals surface area contributed by atoms with Crippen LogP contribution in [0.3, 0.4) is 0 Å². The molecule has 1 rings (SSSR count). The van der Waals surface area contributed by atoms with Gasteiger partial charge in [0.2, 0.25) is 0 Å². The number of methoxy groups -OCH3 is 2. The lowest BCUT2D eigenvalue weighted by Gasteiger charge is -2.20. The van der Waals surface area contributed by atoms with E-state index in [1.807, 2.05) is 17.8 Å². The lowest BCUT2D eigenvalue weighted by atomic mass is 10.2. The summed E-state index contributed by atoms with van der Waals surface area (Å²) >= 11 is 1.82. The molecular weight excluding hydrogens is 248 g/mol. The van der Waals surface area contributed by atoms with Crippen LogP contribution in [0.15, 0.2) is 12.1 Å². The molecule has 0 aromatic heterocycles. The van der Waals surface area contributed by atoms with Crippen molar-refractivity contribution in [2.45, 2.75) is 19.4 Å². The van der Waals surface area contributed by atoms with Gasteiger partial charge in [-0.1, -0.05) is 6.92 Å². The van der Waals surface area contributed by atoms with Crippen molar-refractivity contribution in [1.82, 2.24) is 0 Å². The monoisotopic (exact) mass is 270 g/mol. The zero-order chi connectivity index (χ0) is 13.5. The summed E-state index contributed by atoms with van der Waals surface area (Å²) in [6.07, 6.45) is 3.15. The summed E-state index contributed by atoms with van der Waals surface area (Å²) in [5, 5.41) is 3.44. The molecule has 0 heterocycles. The number of nitrogens with two attached hydrogens (primary N) is 1. The molecule has 18 heavy (non-hydrogen) atoms. The van der Waals surface area contributed by atoms with Gasteiger partial charge in [0.25, 0.3) is 0 Å². The molecule has 102 valence electrons. The first-order valence-electron chi connectivity index (χ1n) is 5.93. The average Bonchev–Trinajstić information content (AvgIpc) is 2.39. The van der Waals surface area contributed by atoms with Gasteiger partial charge in [-0.25, -0.2) is 0 Å². The molecule has 4 nitrogen and oxygen atoms in total. The van der Waals surface area contributed by atoms with Crippen molar-refractivity contribution in [1.29, 1.82) is 0 Å². The molecule has 1 unspecified atom stereocenters. The second-order valence-electron chi connectivity index (χ2n) is 4.00. The summed E-state index contributed by atoms with van der Waals surface area (Å²) in [6, 6.07) is 4.07. The van der Waals surface area contributed by atoms with E-state index in [0.717, 1.165) is 17.9 Å². The van der Waals surface area contributed by atoms with Gasteiger partial charge in [0.05, 0.1) is 25.6 Å². The number of hydrogen-bond acceptors (Lipinski definition) is 5. The Morgan fingerprint density at radius 3 is 2.39 bits per heavy atom. The summed E-state index contributed by atoms with van der Waals surface area (Å²) < 4.78 is 10.5. The highest BCUT2D eigenvalue weighted by molar-refractivity contribution is 7.98. The van der Waals surface area contributed by atoms with Gasteiger partial charge < -0.3 is 20.5 Å². The highest BCUT2D eigenvalue weighted by Crippen LogP contribution is 2.35. The minimum Gasteiger partial charge on any atom is -0.493 e. The average molecular weight is 270 g/mol. The molecule has 0 aliphatic carbocycles. The van der Waals surface area contributed by atoms with Crippen LogP contribution in [-0.4, -0.2) is 32.3 Å². The number of thioether (sulfide) groups is 1. The lowest BCUT2D eigenvalue weighted by molar-refractivity contribution is 0.355. The first-order valence-corrected chi connectivity index (χ1v) is 7.32.